The molecular formula is C38H33N3O5S. The molecule has 0 saturated carbocycles. The third kappa shape index (κ3) is 5.90. The Balaban J connectivity index is 1.17. The van der Waals surface area contributed by atoms with Crippen LogP contribution in [0.4, 0.5) is 0 Å². The molecule has 2 aliphatic rings. The van der Waals surface area contributed by atoms with Gasteiger partial charge in [0.05, 0.1) is 24.1 Å². The fourth-order valence-corrected chi connectivity index (χ4v) is 7.88. The third-order valence-electron chi connectivity index (χ3n) is 9.20. The van der Waals surface area contributed by atoms with Crippen LogP contribution in [-0.4, -0.2) is 69.6 Å². The molecule has 0 spiro atoms. The van der Waals surface area contributed by atoms with Gasteiger partial charge in [0.15, 0.2) is 5.78 Å². The first kappa shape index (κ1) is 30.4. The topological polar surface area (TPSA) is 107 Å². The Morgan fingerprint density at radius 1 is 0.830 bits per heavy atom. The van der Waals surface area contributed by atoms with E-state index in [1.165, 1.54) is 11.3 Å². The van der Waals surface area contributed by atoms with Crippen LogP contribution < -0.4 is 5.32 Å². The summed E-state index contributed by atoms with van der Waals surface area (Å²) < 4.78 is 0.998. The molecule has 0 bridgehead atoms. The van der Waals surface area contributed by atoms with Gasteiger partial charge in [-0.3, -0.25) is 19.2 Å². The number of amides is 3. The Morgan fingerprint density at radius 3 is 2.15 bits per heavy atom. The number of carbonyl (C=O) groups excluding carboxylic acids is 4. The Kier molecular flexibility index (Phi) is 8.30. The number of phenolic OH excluding ortho intramolecular Hbond substituents is 1. The van der Waals surface area contributed by atoms with Crippen LogP contribution in [0.3, 0.4) is 0 Å². The van der Waals surface area contributed by atoms with Crippen molar-refractivity contribution in [2.24, 2.45) is 0 Å². The average molecular weight is 644 g/mol. The van der Waals surface area contributed by atoms with Gasteiger partial charge in [0.1, 0.15) is 17.8 Å². The van der Waals surface area contributed by atoms with Crippen molar-refractivity contribution >= 4 is 44.9 Å². The highest BCUT2D eigenvalue weighted by Gasteiger charge is 2.52. The number of carbonyl (C=O) groups is 4. The Morgan fingerprint density at radius 2 is 1.47 bits per heavy atom. The van der Waals surface area contributed by atoms with Crippen LogP contribution in [0, 0.1) is 0 Å². The number of Topliss-reactive ketones (excluding diaryl/α,β-unsaturated/α-hetero) is 1. The van der Waals surface area contributed by atoms with E-state index in [1.54, 1.807) is 34.1 Å². The van der Waals surface area contributed by atoms with E-state index in [2.05, 4.69) is 5.32 Å². The number of hydrogen-bond donors (Lipinski definition) is 2. The van der Waals surface area contributed by atoms with Gasteiger partial charge in [-0.2, -0.15) is 0 Å². The van der Waals surface area contributed by atoms with Crippen molar-refractivity contribution in [3.63, 3.8) is 0 Å². The highest BCUT2D eigenvalue weighted by atomic mass is 32.1. The summed E-state index contributed by atoms with van der Waals surface area (Å²) in [7, 11) is 0. The fraction of sp³-hybridized carbons (Fsp3) is 0.211. The van der Waals surface area contributed by atoms with E-state index in [-0.39, 0.29) is 48.8 Å². The highest BCUT2D eigenvalue weighted by Crippen LogP contribution is 2.34. The number of rotatable bonds is 8. The zero-order valence-corrected chi connectivity index (χ0v) is 26.3. The maximum atomic E-state index is 14.4. The summed E-state index contributed by atoms with van der Waals surface area (Å²) in [5, 5.41) is 15.6. The van der Waals surface area contributed by atoms with Gasteiger partial charge in [0.25, 0.3) is 5.91 Å². The van der Waals surface area contributed by atoms with Crippen molar-refractivity contribution in [3.8, 4) is 5.75 Å². The molecule has 3 amide bonds. The second-order valence-corrected chi connectivity index (χ2v) is 13.0. The number of thiophene rings is 1. The molecular weight excluding hydrogens is 611 g/mol. The standard InChI is InChI=1S/C38H33N3O5S/c42-27-17-15-24(16-18-27)21-30(39-36(44)34(25-9-3-1-4-10-25)26-11-5-2-6-12-26)38(46)40-20-19-31-35(40)32(43)22-41(31)37(45)29-23-47-33-14-8-7-13-28(29)33/h1-18,23,30-31,34-35,42H,19-22H2,(H,39,44)/t30-,31+,35-/m0/s1. The molecule has 9 heteroatoms. The predicted octanol–water partition coefficient (Wildman–Crippen LogP) is 5.16. The Hall–Kier alpha value is -5.28. The normalized spacial score (nSPS) is 18.0. The quantitative estimate of drug-likeness (QED) is 0.243. The van der Waals surface area contributed by atoms with E-state index in [0.29, 0.717) is 12.0 Å². The lowest BCUT2D eigenvalue weighted by Crippen LogP contribution is -2.54. The molecule has 3 atom stereocenters. The molecule has 0 aliphatic carbocycles. The van der Waals surface area contributed by atoms with Crippen LogP contribution in [0.2, 0.25) is 0 Å². The van der Waals surface area contributed by atoms with E-state index in [9.17, 15) is 24.3 Å². The zero-order chi connectivity index (χ0) is 32.5. The van der Waals surface area contributed by atoms with Crippen LogP contribution in [0.15, 0.2) is 115 Å². The maximum absolute atomic E-state index is 14.4. The second-order valence-electron chi connectivity index (χ2n) is 12.1. The van der Waals surface area contributed by atoms with Gasteiger partial charge in [-0.1, -0.05) is 91.0 Å². The van der Waals surface area contributed by atoms with Crippen molar-refractivity contribution in [3.05, 3.63) is 137 Å². The van der Waals surface area contributed by atoms with Crippen molar-refractivity contribution in [1.29, 1.82) is 0 Å². The summed E-state index contributed by atoms with van der Waals surface area (Å²) in [5.41, 5.74) is 2.88. The number of nitrogens with one attached hydrogen (secondary N) is 1. The lowest BCUT2D eigenvalue weighted by atomic mass is 9.90. The maximum Gasteiger partial charge on any atom is 0.256 e. The third-order valence-corrected chi connectivity index (χ3v) is 10.2. The number of fused-ring (bicyclic) bond motifs is 2. The molecule has 2 aliphatic heterocycles. The molecule has 8 nitrogen and oxygen atoms in total. The molecule has 5 aromatic rings. The summed E-state index contributed by atoms with van der Waals surface area (Å²) in [6.45, 7) is 0.220. The summed E-state index contributed by atoms with van der Waals surface area (Å²) in [6.07, 6.45) is 0.624. The number of nitrogens with zero attached hydrogens (tertiary/aromatic N) is 2. The lowest BCUT2D eigenvalue weighted by molar-refractivity contribution is -0.140. The monoisotopic (exact) mass is 643 g/mol. The van der Waals surface area contributed by atoms with Gasteiger partial charge < -0.3 is 20.2 Å². The van der Waals surface area contributed by atoms with E-state index in [1.807, 2.05) is 90.3 Å². The zero-order valence-electron chi connectivity index (χ0n) is 25.5. The molecule has 236 valence electrons. The number of hydrogen-bond acceptors (Lipinski definition) is 6. The summed E-state index contributed by atoms with van der Waals surface area (Å²) in [5.74, 6) is -1.68. The van der Waals surface area contributed by atoms with E-state index >= 15 is 0 Å². The van der Waals surface area contributed by atoms with E-state index < -0.39 is 24.0 Å². The van der Waals surface area contributed by atoms with Crippen molar-refractivity contribution in [2.75, 3.05) is 13.1 Å². The number of aromatic hydroxyl groups is 1. The Bertz CT molecular complexity index is 1900. The van der Waals surface area contributed by atoms with Crippen molar-refractivity contribution < 1.29 is 24.3 Å². The first-order valence-electron chi connectivity index (χ1n) is 15.7. The van der Waals surface area contributed by atoms with Gasteiger partial charge in [-0.15, -0.1) is 11.3 Å². The average Bonchev–Trinajstić information content (AvgIpc) is 3.81. The molecule has 3 heterocycles. The highest BCUT2D eigenvalue weighted by molar-refractivity contribution is 7.17. The number of benzene rings is 4. The van der Waals surface area contributed by atoms with Crippen LogP contribution >= 0.6 is 11.3 Å². The summed E-state index contributed by atoms with van der Waals surface area (Å²) >= 11 is 1.49. The van der Waals surface area contributed by atoms with Crippen LogP contribution in [0.25, 0.3) is 10.1 Å². The minimum Gasteiger partial charge on any atom is -0.508 e. The predicted molar refractivity (Wildman–Crippen MR) is 180 cm³/mol. The number of likely N-dealkylation sites (tertiary alicyclic amines) is 2. The molecule has 0 unspecified atom stereocenters. The van der Waals surface area contributed by atoms with Crippen molar-refractivity contribution in [1.82, 2.24) is 15.1 Å². The largest absolute Gasteiger partial charge is 0.508 e. The molecule has 2 N–H and O–H groups in total. The van der Waals surface area contributed by atoms with Gasteiger partial charge in [-0.05, 0) is 41.3 Å². The fourth-order valence-electron chi connectivity index (χ4n) is 6.95. The molecule has 47 heavy (non-hydrogen) atoms. The van der Waals surface area contributed by atoms with E-state index in [0.717, 1.165) is 26.8 Å². The van der Waals surface area contributed by atoms with Gasteiger partial charge in [0, 0.05) is 28.4 Å². The molecule has 4 aromatic carbocycles. The van der Waals surface area contributed by atoms with Gasteiger partial charge in [0.2, 0.25) is 11.8 Å². The van der Waals surface area contributed by atoms with Gasteiger partial charge >= 0.3 is 0 Å². The number of phenols is 1. The van der Waals surface area contributed by atoms with Crippen LogP contribution in [0.5, 0.6) is 5.75 Å². The molecule has 0 radical (unpaired) electrons. The smallest absolute Gasteiger partial charge is 0.256 e. The lowest BCUT2D eigenvalue weighted by Gasteiger charge is -2.29. The number of ketones is 1. The first-order valence-corrected chi connectivity index (χ1v) is 16.6. The molecule has 7 rings (SSSR count). The molecule has 1 aromatic heterocycles. The second kappa shape index (κ2) is 12.8. The van der Waals surface area contributed by atoms with Crippen LogP contribution in [0.1, 0.15) is 39.4 Å². The minimum absolute atomic E-state index is 0.0683. The summed E-state index contributed by atoms with van der Waals surface area (Å²) in [4.78, 5) is 59.1. The van der Waals surface area contributed by atoms with Crippen LogP contribution in [-0.2, 0) is 20.8 Å². The minimum atomic E-state index is -0.987. The van der Waals surface area contributed by atoms with Crippen molar-refractivity contribution in [2.45, 2.75) is 36.9 Å². The van der Waals surface area contributed by atoms with Gasteiger partial charge in [-0.25, -0.2) is 0 Å². The molecule has 2 saturated heterocycles. The first-order chi connectivity index (χ1) is 22.9. The molecule has 2 fully saturated rings. The van der Waals surface area contributed by atoms with E-state index in [4.69, 9.17) is 0 Å². The summed E-state index contributed by atoms with van der Waals surface area (Å²) in [6, 6.07) is 30.8. The SMILES string of the molecule is O=C(N[C@@H](Cc1ccc(O)cc1)C(=O)N1CC[C@@H]2[C@H]1C(=O)CN2C(=O)c1csc2ccccc12)C(c1ccccc1)c1ccccc1. The Labute approximate surface area is 276 Å².